The molecule has 0 saturated heterocycles. The third kappa shape index (κ3) is 2.28. The zero-order valence-electron chi connectivity index (χ0n) is 9.20. The number of halogens is 1. The van der Waals surface area contributed by atoms with Gasteiger partial charge in [0.25, 0.3) is 0 Å². The van der Waals surface area contributed by atoms with Crippen molar-refractivity contribution in [1.29, 1.82) is 0 Å². The Labute approximate surface area is 108 Å². The van der Waals surface area contributed by atoms with Crippen LogP contribution in [0.3, 0.4) is 0 Å². The molecule has 0 fully saturated rings. The summed E-state index contributed by atoms with van der Waals surface area (Å²) in [4.78, 5) is 5.16. The van der Waals surface area contributed by atoms with Crippen molar-refractivity contribution in [2.24, 2.45) is 0 Å². The maximum atomic E-state index is 5.64. The number of hydrogen-bond acceptors (Lipinski definition) is 3. The molecule has 0 amide bonds. The molecule has 2 aromatic rings. The van der Waals surface area contributed by atoms with Crippen LogP contribution in [-0.2, 0) is 0 Å². The third-order valence-corrected chi connectivity index (χ3v) is 3.96. The molecule has 0 saturated carbocycles. The molecule has 16 heavy (non-hydrogen) atoms. The van der Waals surface area contributed by atoms with Gasteiger partial charge in [0.15, 0.2) is 5.13 Å². The average molecular weight is 297 g/mol. The minimum atomic E-state index is 0.539. The number of rotatable bonds is 2. The zero-order valence-corrected chi connectivity index (χ0v) is 11.6. The molecular weight excluding hydrogens is 284 g/mol. The Balaban J connectivity index is 2.44. The summed E-state index contributed by atoms with van der Waals surface area (Å²) in [6.07, 6.45) is 1.81. The lowest BCUT2D eigenvalue weighted by atomic mass is 10.0. The number of hydrogen-bond donors (Lipinski definition) is 1. The second-order valence-corrected chi connectivity index (χ2v) is 5.87. The van der Waals surface area contributed by atoms with Crippen LogP contribution >= 0.6 is 27.3 Å². The van der Waals surface area contributed by atoms with Crippen molar-refractivity contribution in [1.82, 2.24) is 4.98 Å². The van der Waals surface area contributed by atoms with Gasteiger partial charge < -0.3 is 5.73 Å². The van der Waals surface area contributed by atoms with Gasteiger partial charge in [-0.2, -0.15) is 0 Å². The molecule has 84 valence electrons. The van der Waals surface area contributed by atoms with Crippen molar-refractivity contribution in [3.05, 3.63) is 34.4 Å². The Bertz CT molecular complexity index is 505. The van der Waals surface area contributed by atoms with Crippen molar-refractivity contribution in [3.8, 4) is 10.4 Å². The molecule has 0 aliphatic heterocycles. The van der Waals surface area contributed by atoms with Crippen LogP contribution in [0.5, 0.6) is 0 Å². The van der Waals surface area contributed by atoms with Gasteiger partial charge in [-0.1, -0.05) is 53.2 Å². The average Bonchev–Trinajstić information content (AvgIpc) is 2.64. The van der Waals surface area contributed by atoms with E-state index < -0.39 is 0 Å². The van der Waals surface area contributed by atoms with Gasteiger partial charge in [-0.05, 0) is 17.5 Å². The van der Waals surface area contributed by atoms with E-state index in [4.69, 9.17) is 5.73 Å². The predicted molar refractivity (Wildman–Crippen MR) is 73.8 cm³/mol. The number of thiazole rings is 1. The highest BCUT2D eigenvalue weighted by Crippen LogP contribution is 2.34. The second-order valence-electron chi connectivity index (χ2n) is 3.96. The highest BCUT2D eigenvalue weighted by atomic mass is 79.9. The van der Waals surface area contributed by atoms with Crippen LogP contribution in [0.15, 0.2) is 28.9 Å². The molecule has 4 heteroatoms. The van der Waals surface area contributed by atoms with Gasteiger partial charge >= 0.3 is 0 Å². The Kier molecular flexibility index (Phi) is 3.30. The minimum absolute atomic E-state index is 0.539. The van der Waals surface area contributed by atoms with E-state index in [1.807, 2.05) is 6.20 Å². The molecule has 0 aliphatic rings. The third-order valence-electron chi connectivity index (χ3n) is 2.45. The molecule has 0 unspecified atom stereocenters. The van der Waals surface area contributed by atoms with E-state index in [0.29, 0.717) is 11.0 Å². The van der Waals surface area contributed by atoms with Gasteiger partial charge in [0.05, 0.1) is 4.88 Å². The number of benzene rings is 1. The first kappa shape index (κ1) is 11.6. The number of nitrogens with zero attached hydrogens (tertiary/aromatic N) is 1. The summed E-state index contributed by atoms with van der Waals surface area (Å²) in [6, 6.07) is 6.43. The predicted octanol–water partition coefficient (Wildman–Crippen LogP) is 4.28. The smallest absolute Gasteiger partial charge is 0.180 e. The molecule has 2 N–H and O–H groups in total. The quantitative estimate of drug-likeness (QED) is 0.898. The number of nitrogens with two attached hydrogens (primary N) is 1. The van der Waals surface area contributed by atoms with Gasteiger partial charge in [-0.25, -0.2) is 4.98 Å². The standard InChI is InChI=1S/C12H13BrN2S/c1-7(2)8-3-4-9(10(13)5-8)11-6-15-12(14)16-11/h3-7H,1-2H3,(H2,14,15). The van der Waals surface area contributed by atoms with E-state index in [1.165, 1.54) is 16.9 Å². The van der Waals surface area contributed by atoms with Gasteiger partial charge in [0.1, 0.15) is 0 Å². The maximum absolute atomic E-state index is 5.64. The molecule has 0 aliphatic carbocycles. The van der Waals surface area contributed by atoms with E-state index in [1.54, 1.807) is 0 Å². The summed E-state index contributed by atoms with van der Waals surface area (Å²) in [5.41, 5.74) is 8.11. The summed E-state index contributed by atoms with van der Waals surface area (Å²) in [5.74, 6) is 0.539. The lowest BCUT2D eigenvalue weighted by molar-refractivity contribution is 0.866. The largest absolute Gasteiger partial charge is 0.375 e. The first-order valence-electron chi connectivity index (χ1n) is 5.09. The Morgan fingerprint density at radius 3 is 2.62 bits per heavy atom. The highest BCUT2D eigenvalue weighted by molar-refractivity contribution is 9.10. The lowest BCUT2D eigenvalue weighted by Crippen LogP contribution is -1.87. The minimum Gasteiger partial charge on any atom is -0.375 e. The fourth-order valence-corrected chi connectivity index (χ4v) is 2.97. The summed E-state index contributed by atoms with van der Waals surface area (Å²) in [7, 11) is 0. The van der Waals surface area contributed by atoms with Gasteiger partial charge in [-0.3, -0.25) is 0 Å². The first-order chi connectivity index (χ1) is 7.58. The molecule has 1 aromatic heterocycles. The zero-order chi connectivity index (χ0) is 11.7. The van der Waals surface area contributed by atoms with Crippen molar-refractivity contribution >= 4 is 32.4 Å². The van der Waals surface area contributed by atoms with Crippen molar-refractivity contribution < 1.29 is 0 Å². The van der Waals surface area contributed by atoms with Crippen LogP contribution in [-0.4, -0.2) is 4.98 Å². The molecule has 0 spiro atoms. The molecule has 1 heterocycles. The fourth-order valence-electron chi connectivity index (χ4n) is 1.50. The molecule has 0 bridgehead atoms. The SMILES string of the molecule is CC(C)c1ccc(-c2cnc(N)s2)c(Br)c1. The van der Waals surface area contributed by atoms with Crippen molar-refractivity contribution in [2.45, 2.75) is 19.8 Å². The molecule has 2 nitrogen and oxygen atoms in total. The molecule has 2 rings (SSSR count). The van der Waals surface area contributed by atoms with Crippen molar-refractivity contribution in [3.63, 3.8) is 0 Å². The van der Waals surface area contributed by atoms with Crippen LogP contribution in [0.4, 0.5) is 5.13 Å². The fraction of sp³-hybridized carbons (Fsp3) is 0.250. The highest BCUT2D eigenvalue weighted by Gasteiger charge is 2.08. The van der Waals surface area contributed by atoms with Crippen LogP contribution in [0, 0.1) is 0 Å². The molecule has 0 radical (unpaired) electrons. The Hall–Kier alpha value is -0.870. The van der Waals surface area contributed by atoms with E-state index in [2.05, 4.69) is 53.0 Å². The van der Waals surface area contributed by atoms with Gasteiger partial charge in [-0.15, -0.1) is 0 Å². The van der Waals surface area contributed by atoms with Gasteiger partial charge in [0.2, 0.25) is 0 Å². The lowest BCUT2D eigenvalue weighted by Gasteiger charge is -2.08. The van der Waals surface area contributed by atoms with Crippen LogP contribution in [0.2, 0.25) is 0 Å². The summed E-state index contributed by atoms with van der Waals surface area (Å²) in [6.45, 7) is 4.37. The topological polar surface area (TPSA) is 38.9 Å². The van der Waals surface area contributed by atoms with E-state index in [-0.39, 0.29) is 0 Å². The van der Waals surface area contributed by atoms with Gasteiger partial charge in [0, 0.05) is 16.2 Å². The number of anilines is 1. The Morgan fingerprint density at radius 2 is 2.12 bits per heavy atom. The van der Waals surface area contributed by atoms with Crippen molar-refractivity contribution in [2.75, 3.05) is 5.73 Å². The summed E-state index contributed by atoms with van der Waals surface area (Å²) < 4.78 is 1.10. The summed E-state index contributed by atoms with van der Waals surface area (Å²) >= 11 is 5.11. The van der Waals surface area contributed by atoms with E-state index in [9.17, 15) is 0 Å². The van der Waals surface area contributed by atoms with Crippen LogP contribution in [0.25, 0.3) is 10.4 Å². The van der Waals surface area contributed by atoms with E-state index in [0.717, 1.165) is 14.9 Å². The van der Waals surface area contributed by atoms with Crippen LogP contribution in [0.1, 0.15) is 25.3 Å². The first-order valence-corrected chi connectivity index (χ1v) is 6.70. The molecule has 0 atom stereocenters. The summed E-state index contributed by atoms with van der Waals surface area (Å²) in [5, 5.41) is 0.606. The van der Waals surface area contributed by atoms with Crippen LogP contribution < -0.4 is 5.73 Å². The number of aromatic nitrogens is 1. The molecular formula is C12H13BrN2S. The molecule has 1 aromatic carbocycles. The normalized spacial score (nSPS) is 11.0. The Morgan fingerprint density at radius 1 is 1.38 bits per heavy atom. The second kappa shape index (κ2) is 4.55. The number of nitrogen functional groups attached to an aromatic ring is 1. The monoisotopic (exact) mass is 296 g/mol. The van der Waals surface area contributed by atoms with E-state index >= 15 is 0 Å². The maximum Gasteiger partial charge on any atom is 0.180 e.